The Balaban J connectivity index is 0.00000110. The molecule has 0 radical (unpaired) electrons. The van der Waals surface area contributed by atoms with Crippen LogP contribution in [-0.4, -0.2) is 31.1 Å². The van der Waals surface area contributed by atoms with Crippen molar-refractivity contribution in [3.8, 4) is 0 Å². The first-order valence-electron chi connectivity index (χ1n) is 7.32. The van der Waals surface area contributed by atoms with E-state index in [0.29, 0.717) is 6.04 Å². The molecule has 1 aliphatic rings. The monoisotopic (exact) mass is 326 g/mol. The van der Waals surface area contributed by atoms with Crippen LogP contribution in [0.4, 0.5) is 0 Å². The third-order valence-corrected chi connectivity index (χ3v) is 4.16. The number of rotatable bonds is 3. The van der Waals surface area contributed by atoms with Crippen LogP contribution in [0, 0.1) is 0 Å². The summed E-state index contributed by atoms with van der Waals surface area (Å²) in [5.41, 5.74) is 1.49. The Labute approximate surface area is 139 Å². The highest BCUT2D eigenvalue weighted by Gasteiger charge is 2.21. The van der Waals surface area contributed by atoms with Crippen molar-refractivity contribution in [1.82, 2.24) is 10.2 Å². The molecule has 0 spiro atoms. The smallest absolute Gasteiger partial charge is 0.0352 e. The molecule has 0 bridgehead atoms. The Morgan fingerprint density at radius 1 is 1.00 bits per heavy atom. The molecule has 1 N–H and O–H groups in total. The highest BCUT2D eigenvalue weighted by molar-refractivity contribution is 5.86. The zero-order chi connectivity index (χ0) is 13.1. The van der Waals surface area contributed by atoms with Crippen molar-refractivity contribution in [2.75, 3.05) is 26.2 Å². The molecule has 0 aliphatic carbocycles. The molecule has 2 nitrogen and oxygen atoms in total. The van der Waals surface area contributed by atoms with Gasteiger partial charge in [0.2, 0.25) is 0 Å². The molecule has 1 fully saturated rings. The highest BCUT2D eigenvalue weighted by Crippen LogP contribution is 2.30. The van der Waals surface area contributed by atoms with Gasteiger partial charge in [0.25, 0.3) is 0 Å². The lowest BCUT2D eigenvalue weighted by molar-refractivity contribution is 0.170. The number of fused-ring (bicyclic) bond motifs is 1. The van der Waals surface area contributed by atoms with E-state index in [1.165, 1.54) is 22.8 Å². The van der Waals surface area contributed by atoms with Gasteiger partial charge in [-0.05, 0) is 22.8 Å². The van der Waals surface area contributed by atoms with E-state index < -0.39 is 0 Å². The fraction of sp³-hybridized carbons (Fsp3) is 0.412. The molecule has 1 heterocycles. The lowest BCUT2D eigenvalue weighted by Gasteiger charge is -2.35. The lowest BCUT2D eigenvalue weighted by Crippen LogP contribution is -2.45. The second-order valence-electron chi connectivity index (χ2n) is 5.28. The predicted octanol–water partition coefficient (Wildman–Crippen LogP) is 4.04. The first-order chi connectivity index (χ1) is 9.40. The van der Waals surface area contributed by atoms with E-state index in [-0.39, 0.29) is 24.8 Å². The van der Waals surface area contributed by atoms with Crippen molar-refractivity contribution in [3.63, 3.8) is 0 Å². The minimum atomic E-state index is 0. The highest BCUT2D eigenvalue weighted by atomic mass is 35.5. The Kier molecular flexibility index (Phi) is 7.47. The largest absolute Gasteiger partial charge is 0.314 e. The maximum absolute atomic E-state index is 3.44. The molecule has 21 heavy (non-hydrogen) atoms. The SMILES string of the molecule is CC[C@@H](c1cccc2ccccc12)N1CCNCC1.Cl.Cl. The van der Waals surface area contributed by atoms with Crippen molar-refractivity contribution in [2.24, 2.45) is 0 Å². The maximum atomic E-state index is 3.44. The van der Waals surface area contributed by atoms with Crippen LogP contribution in [0.5, 0.6) is 0 Å². The van der Waals surface area contributed by atoms with Gasteiger partial charge in [-0.25, -0.2) is 0 Å². The molecule has 0 saturated carbocycles. The molecule has 1 saturated heterocycles. The summed E-state index contributed by atoms with van der Waals surface area (Å²) in [7, 11) is 0. The Hall–Kier alpha value is -0.800. The van der Waals surface area contributed by atoms with E-state index in [1.54, 1.807) is 0 Å². The first kappa shape index (κ1) is 18.2. The van der Waals surface area contributed by atoms with Crippen molar-refractivity contribution in [1.29, 1.82) is 0 Å². The van der Waals surface area contributed by atoms with E-state index in [4.69, 9.17) is 0 Å². The normalized spacial score (nSPS) is 16.8. The van der Waals surface area contributed by atoms with Crippen LogP contribution >= 0.6 is 24.8 Å². The number of hydrogen-bond donors (Lipinski definition) is 1. The standard InChI is InChI=1S/C17H22N2.2ClH/c1-2-17(19-12-10-18-11-13-19)16-9-5-7-14-6-3-4-8-15(14)16;;/h3-9,17-18H,2,10-13H2,1H3;2*1H/t17-;;/m0../s1. The van der Waals surface area contributed by atoms with Crippen LogP contribution in [-0.2, 0) is 0 Å². The number of benzene rings is 2. The summed E-state index contributed by atoms with van der Waals surface area (Å²) in [6.07, 6.45) is 1.17. The minimum Gasteiger partial charge on any atom is -0.314 e. The van der Waals surface area contributed by atoms with Crippen molar-refractivity contribution < 1.29 is 0 Å². The summed E-state index contributed by atoms with van der Waals surface area (Å²) in [4.78, 5) is 2.62. The molecule has 2 aromatic rings. The zero-order valence-corrected chi connectivity index (χ0v) is 14.1. The van der Waals surface area contributed by atoms with Gasteiger partial charge < -0.3 is 5.32 Å². The molecular weight excluding hydrogens is 303 g/mol. The van der Waals surface area contributed by atoms with E-state index in [9.17, 15) is 0 Å². The molecule has 2 aromatic carbocycles. The van der Waals surface area contributed by atoms with Gasteiger partial charge in [-0.1, -0.05) is 49.4 Å². The van der Waals surface area contributed by atoms with E-state index in [0.717, 1.165) is 26.2 Å². The topological polar surface area (TPSA) is 15.3 Å². The third kappa shape index (κ3) is 3.89. The molecular formula is C17H24Cl2N2. The number of nitrogens with one attached hydrogen (secondary N) is 1. The number of piperazine rings is 1. The molecule has 1 aliphatic heterocycles. The number of nitrogens with zero attached hydrogens (tertiary/aromatic N) is 1. The number of hydrogen-bond acceptors (Lipinski definition) is 2. The summed E-state index contributed by atoms with van der Waals surface area (Å²) in [6.45, 7) is 6.83. The maximum Gasteiger partial charge on any atom is 0.0352 e. The quantitative estimate of drug-likeness (QED) is 0.915. The Bertz CT molecular complexity index is 548. The van der Waals surface area contributed by atoms with Crippen molar-refractivity contribution in [3.05, 3.63) is 48.0 Å². The fourth-order valence-corrected chi connectivity index (χ4v) is 3.21. The average molecular weight is 327 g/mol. The van der Waals surface area contributed by atoms with Crippen LogP contribution in [0.3, 0.4) is 0 Å². The van der Waals surface area contributed by atoms with Gasteiger partial charge in [0.05, 0.1) is 0 Å². The second kappa shape index (κ2) is 8.60. The third-order valence-electron chi connectivity index (χ3n) is 4.16. The molecule has 3 rings (SSSR count). The van der Waals surface area contributed by atoms with Gasteiger partial charge in [0.1, 0.15) is 0 Å². The van der Waals surface area contributed by atoms with Crippen LogP contribution in [0.2, 0.25) is 0 Å². The summed E-state index contributed by atoms with van der Waals surface area (Å²) < 4.78 is 0. The number of halogens is 2. The van der Waals surface area contributed by atoms with Gasteiger partial charge in [-0.2, -0.15) is 0 Å². The summed E-state index contributed by atoms with van der Waals surface area (Å²) in [5, 5.41) is 6.21. The van der Waals surface area contributed by atoms with Crippen LogP contribution in [0.25, 0.3) is 10.8 Å². The van der Waals surface area contributed by atoms with Gasteiger partial charge in [-0.15, -0.1) is 24.8 Å². The van der Waals surface area contributed by atoms with Crippen molar-refractivity contribution in [2.45, 2.75) is 19.4 Å². The molecule has 116 valence electrons. The van der Waals surface area contributed by atoms with Crippen LogP contribution in [0.1, 0.15) is 24.9 Å². The molecule has 0 aromatic heterocycles. The van der Waals surface area contributed by atoms with Crippen molar-refractivity contribution >= 4 is 35.6 Å². The van der Waals surface area contributed by atoms with Gasteiger partial charge in [0, 0.05) is 32.2 Å². The summed E-state index contributed by atoms with van der Waals surface area (Å²) in [6, 6.07) is 16.0. The molecule has 1 atom stereocenters. The Morgan fingerprint density at radius 3 is 2.38 bits per heavy atom. The summed E-state index contributed by atoms with van der Waals surface area (Å²) in [5.74, 6) is 0. The molecule has 0 unspecified atom stereocenters. The fourth-order valence-electron chi connectivity index (χ4n) is 3.21. The second-order valence-corrected chi connectivity index (χ2v) is 5.28. The van der Waals surface area contributed by atoms with Gasteiger partial charge in [0.15, 0.2) is 0 Å². The van der Waals surface area contributed by atoms with Crippen LogP contribution < -0.4 is 5.32 Å². The Morgan fingerprint density at radius 2 is 1.67 bits per heavy atom. The van der Waals surface area contributed by atoms with E-state index in [1.807, 2.05) is 0 Å². The molecule has 4 heteroatoms. The van der Waals surface area contributed by atoms with E-state index in [2.05, 4.69) is 59.6 Å². The summed E-state index contributed by atoms with van der Waals surface area (Å²) >= 11 is 0. The zero-order valence-electron chi connectivity index (χ0n) is 12.4. The first-order valence-corrected chi connectivity index (χ1v) is 7.32. The van der Waals surface area contributed by atoms with Crippen LogP contribution in [0.15, 0.2) is 42.5 Å². The lowest BCUT2D eigenvalue weighted by atomic mass is 9.95. The average Bonchev–Trinajstić information content (AvgIpc) is 2.49. The van der Waals surface area contributed by atoms with E-state index >= 15 is 0 Å². The minimum absolute atomic E-state index is 0. The van der Waals surface area contributed by atoms with Gasteiger partial charge in [-0.3, -0.25) is 4.90 Å². The predicted molar refractivity (Wildman–Crippen MR) is 95.9 cm³/mol. The van der Waals surface area contributed by atoms with Gasteiger partial charge >= 0.3 is 0 Å². The molecule has 0 amide bonds.